The van der Waals surface area contributed by atoms with Crippen LogP contribution in [0.15, 0.2) is 42.5 Å². The van der Waals surface area contributed by atoms with Gasteiger partial charge in [-0.3, -0.25) is 15.0 Å². The summed E-state index contributed by atoms with van der Waals surface area (Å²) in [6.07, 6.45) is 0. The fraction of sp³-hybridized carbons (Fsp3) is 0.333. The van der Waals surface area contributed by atoms with Crippen LogP contribution in [0.1, 0.15) is 58.2 Å². The Labute approximate surface area is 149 Å². The van der Waals surface area contributed by atoms with Crippen LogP contribution in [-0.2, 0) is 0 Å². The minimum atomic E-state index is -0.562. The Kier molecular flexibility index (Phi) is 5.31. The maximum absolute atomic E-state index is 13.1. The van der Waals surface area contributed by atoms with E-state index in [1.54, 1.807) is 6.07 Å². The maximum atomic E-state index is 13.1. The molecule has 4 nitrogen and oxygen atoms in total. The highest BCUT2D eigenvalue weighted by Gasteiger charge is 2.30. The third kappa shape index (κ3) is 4.47. The first kappa shape index (κ1) is 18.7. The molecular weight excluding hydrogens is 312 g/mol. The third-order valence-electron chi connectivity index (χ3n) is 3.95. The Bertz CT molecular complexity index is 784. The Morgan fingerprint density at radius 3 is 2.00 bits per heavy atom. The summed E-state index contributed by atoms with van der Waals surface area (Å²) < 4.78 is 0. The Morgan fingerprint density at radius 1 is 0.920 bits per heavy atom. The van der Waals surface area contributed by atoms with Crippen LogP contribution in [0.2, 0.25) is 0 Å². The predicted molar refractivity (Wildman–Crippen MR) is 100 cm³/mol. The van der Waals surface area contributed by atoms with Crippen LogP contribution in [0.4, 0.5) is 0 Å². The van der Waals surface area contributed by atoms with Gasteiger partial charge in [0.2, 0.25) is 0 Å². The van der Waals surface area contributed by atoms with Gasteiger partial charge in [0.05, 0.1) is 5.54 Å². The molecule has 2 rings (SSSR count). The van der Waals surface area contributed by atoms with E-state index in [4.69, 9.17) is 0 Å². The minimum Gasteiger partial charge on any atom is -0.267 e. The molecule has 0 aliphatic heterocycles. The second-order valence-corrected chi connectivity index (χ2v) is 7.44. The van der Waals surface area contributed by atoms with E-state index in [-0.39, 0.29) is 11.8 Å². The molecule has 0 radical (unpaired) electrons. The molecule has 0 aliphatic rings. The van der Waals surface area contributed by atoms with Gasteiger partial charge in [0.25, 0.3) is 11.8 Å². The van der Waals surface area contributed by atoms with E-state index in [0.717, 1.165) is 16.7 Å². The number of rotatable bonds is 2. The van der Waals surface area contributed by atoms with Crippen LogP contribution in [-0.4, -0.2) is 22.4 Å². The van der Waals surface area contributed by atoms with Crippen molar-refractivity contribution >= 4 is 11.8 Å². The number of hydrazine groups is 1. The molecule has 132 valence electrons. The van der Waals surface area contributed by atoms with Crippen molar-refractivity contribution < 1.29 is 9.59 Å². The number of hydrogen-bond donors (Lipinski definition) is 1. The Hall–Kier alpha value is -2.62. The van der Waals surface area contributed by atoms with Crippen molar-refractivity contribution in [2.24, 2.45) is 0 Å². The Balaban J connectivity index is 2.35. The predicted octanol–water partition coefficient (Wildman–Crippen LogP) is 4.20. The number of amides is 2. The topological polar surface area (TPSA) is 49.4 Å². The smallest absolute Gasteiger partial charge is 0.267 e. The van der Waals surface area contributed by atoms with Crippen molar-refractivity contribution in [3.8, 4) is 0 Å². The van der Waals surface area contributed by atoms with Crippen LogP contribution in [0, 0.1) is 20.8 Å². The van der Waals surface area contributed by atoms with Crippen molar-refractivity contribution in [1.82, 2.24) is 10.4 Å². The molecule has 0 spiro atoms. The highest BCUT2D eigenvalue weighted by Crippen LogP contribution is 2.18. The van der Waals surface area contributed by atoms with E-state index < -0.39 is 5.54 Å². The highest BCUT2D eigenvalue weighted by molar-refractivity contribution is 6.00. The molecule has 2 aromatic carbocycles. The molecule has 0 aromatic heterocycles. The number of aryl methyl sites for hydroxylation is 3. The number of carbonyl (C=O) groups is 2. The zero-order valence-corrected chi connectivity index (χ0v) is 15.8. The van der Waals surface area contributed by atoms with Crippen LogP contribution in [0.5, 0.6) is 0 Å². The number of hydrogen-bond acceptors (Lipinski definition) is 2. The molecule has 0 unspecified atom stereocenters. The fourth-order valence-corrected chi connectivity index (χ4v) is 2.74. The summed E-state index contributed by atoms with van der Waals surface area (Å²) in [5.41, 5.74) is 6.26. The lowest BCUT2D eigenvalue weighted by molar-refractivity contribution is 0.0358. The second kappa shape index (κ2) is 7.09. The van der Waals surface area contributed by atoms with E-state index in [1.165, 1.54) is 5.01 Å². The van der Waals surface area contributed by atoms with Gasteiger partial charge < -0.3 is 0 Å². The van der Waals surface area contributed by atoms with E-state index in [1.807, 2.05) is 77.9 Å². The molecule has 25 heavy (non-hydrogen) atoms. The molecule has 0 bridgehead atoms. The summed E-state index contributed by atoms with van der Waals surface area (Å²) in [6, 6.07) is 13.0. The molecule has 2 amide bonds. The van der Waals surface area contributed by atoms with E-state index >= 15 is 0 Å². The van der Waals surface area contributed by atoms with Crippen molar-refractivity contribution in [3.63, 3.8) is 0 Å². The molecule has 4 heteroatoms. The van der Waals surface area contributed by atoms with Gasteiger partial charge in [0, 0.05) is 11.1 Å². The summed E-state index contributed by atoms with van der Waals surface area (Å²) in [4.78, 5) is 25.7. The van der Waals surface area contributed by atoms with Crippen LogP contribution < -0.4 is 5.43 Å². The molecular formula is C21H26N2O2. The number of benzene rings is 2. The summed E-state index contributed by atoms with van der Waals surface area (Å²) in [5.74, 6) is -0.507. The zero-order valence-electron chi connectivity index (χ0n) is 15.8. The molecule has 0 atom stereocenters. The summed E-state index contributed by atoms with van der Waals surface area (Å²) in [7, 11) is 0. The lowest BCUT2D eigenvalue weighted by Gasteiger charge is -2.35. The van der Waals surface area contributed by atoms with Gasteiger partial charge in [-0.1, -0.05) is 35.4 Å². The summed E-state index contributed by atoms with van der Waals surface area (Å²) >= 11 is 0. The number of nitrogens with zero attached hydrogens (tertiary/aromatic N) is 1. The van der Waals surface area contributed by atoms with E-state index in [2.05, 4.69) is 5.43 Å². The van der Waals surface area contributed by atoms with Gasteiger partial charge in [0.1, 0.15) is 0 Å². The van der Waals surface area contributed by atoms with Crippen LogP contribution in [0.25, 0.3) is 0 Å². The molecule has 0 saturated heterocycles. The monoisotopic (exact) mass is 338 g/mol. The molecule has 0 aliphatic carbocycles. The minimum absolute atomic E-state index is 0.221. The fourth-order valence-electron chi connectivity index (χ4n) is 2.74. The van der Waals surface area contributed by atoms with Crippen LogP contribution in [0.3, 0.4) is 0 Å². The van der Waals surface area contributed by atoms with Gasteiger partial charge >= 0.3 is 0 Å². The van der Waals surface area contributed by atoms with Crippen molar-refractivity contribution in [2.45, 2.75) is 47.1 Å². The lowest BCUT2D eigenvalue weighted by Crippen LogP contribution is -2.56. The number of nitrogens with one attached hydrogen (secondary N) is 1. The lowest BCUT2D eigenvalue weighted by atomic mass is 10.0. The molecule has 1 N–H and O–H groups in total. The van der Waals surface area contributed by atoms with E-state index in [9.17, 15) is 9.59 Å². The first-order valence-corrected chi connectivity index (χ1v) is 8.39. The quantitative estimate of drug-likeness (QED) is 0.835. The van der Waals surface area contributed by atoms with Crippen molar-refractivity contribution in [1.29, 1.82) is 0 Å². The first-order valence-electron chi connectivity index (χ1n) is 8.39. The number of carbonyl (C=O) groups excluding carboxylic acids is 2. The first-order chi connectivity index (χ1) is 11.6. The van der Waals surface area contributed by atoms with Gasteiger partial charge in [0.15, 0.2) is 0 Å². The largest absolute Gasteiger partial charge is 0.272 e. The van der Waals surface area contributed by atoms with Crippen molar-refractivity contribution in [3.05, 3.63) is 70.3 Å². The average Bonchev–Trinajstić information content (AvgIpc) is 2.50. The molecule has 0 fully saturated rings. The SMILES string of the molecule is Cc1cc(C)cc(C(=O)N(NC(=O)c2ccccc2C)C(C)(C)C)c1. The summed E-state index contributed by atoms with van der Waals surface area (Å²) in [5, 5.41) is 1.41. The standard InChI is InChI=1S/C21H26N2O2/c1-14-11-15(2)13-17(12-14)20(25)23(21(4,5)6)22-19(24)18-10-8-7-9-16(18)3/h7-13H,1-6H3,(H,22,24). The zero-order chi connectivity index (χ0) is 18.8. The molecule has 0 saturated carbocycles. The Morgan fingerprint density at radius 2 is 1.48 bits per heavy atom. The van der Waals surface area contributed by atoms with Gasteiger partial charge in [-0.15, -0.1) is 0 Å². The van der Waals surface area contributed by atoms with Gasteiger partial charge in [-0.05, 0) is 65.3 Å². The highest BCUT2D eigenvalue weighted by atomic mass is 16.2. The van der Waals surface area contributed by atoms with Crippen LogP contribution >= 0.6 is 0 Å². The molecule has 0 heterocycles. The summed E-state index contributed by atoms with van der Waals surface area (Å²) in [6.45, 7) is 11.5. The van der Waals surface area contributed by atoms with E-state index in [0.29, 0.717) is 11.1 Å². The average molecular weight is 338 g/mol. The third-order valence-corrected chi connectivity index (χ3v) is 3.95. The van der Waals surface area contributed by atoms with Gasteiger partial charge in [-0.2, -0.15) is 0 Å². The molecule has 2 aromatic rings. The van der Waals surface area contributed by atoms with Gasteiger partial charge in [-0.25, -0.2) is 5.01 Å². The second-order valence-electron chi connectivity index (χ2n) is 7.44. The van der Waals surface area contributed by atoms with Crippen molar-refractivity contribution in [2.75, 3.05) is 0 Å². The normalized spacial score (nSPS) is 11.1. The maximum Gasteiger partial charge on any atom is 0.272 e.